The summed E-state index contributed by atoms with van der Waals surface area (Å²) in [4.78, 5) is 2.60. The first-order chi connectivity index (χ1) is 8.75. The lowest BCUT2D eigenvalue weighted by Crippen LogP contribution is -2.47. The van der Waals surface area contributed by atoms with Crippen LogP contribution in [-0.4, -0.2) is 37.1 Å². The second-order valence-corrected chi connectivity index (χ2v) is 5.59. The van der Waals surface area contributed by atoms with Crippen molar-refractivity contribution in [3.8, 4) is 0 Å². The van der Waals surface area contributed by atoms with Gasteiger partial charge in [-0.2, -0.15) is 0 Å². The number of nitrogens with one attached hydrogen (secondary N) is 1. The van der Waals surface area contributed by atoms with Crippen molar-refractivity contribution >= 4 is 11.6 Å². The van der Waals surface area contributed by atoms with Gasteiger partial charge in [-0.05, 0) is 43.9 Å². The average molecular weight is 267 g/mol. The molecule has 0 amide bonds. The van der Waals surface area contributed by atoms with Crippen molar-refractivity contribution in [1.29, 1.82) is 0 Å². The maximum absolute atomic E-state index is 5.89. The third-order valence-corrected chi connectivity index (χ3v) is 4.03. The van der Waals surface area contributed by atoms with Crippen LogP contribution in [0.2, 0.25) is 5.02 Å². The normalized spacial score (nSPS) is 18.8. The number of hydrogen-bond acceptors (Lipinski definition) is 2. The van der Waals surface area contributed by atoms with E-state index in [2.05, 4.69) is 29.3 Å². The molecule has 0 aromatic heterocycles. The predicted molar refractivity (Wildman–Crippen MR) is 78.3 cm³/mol. The average Bonchev–Trinajstić information content (AvgIpc) is 2.42. The van der Waals surface area contributed by atoms with Gasteiger partial charge < -0.3 is 5.32 Å². The number of rotatable bonds is 5. The molecule has 1 atom stereocenters. The summed E-state index contributed by atoms with van der Waals surface area (Å²) in [6, 6.07) is 8.95. The molecule has 2 nitrogen and oxygen atoms in total. The summed E-state index contributed by atoms with van der Waals surface area (Å²) in [6.45, 7) is 7.03. The zero-order valence-corrected chi connectivity index (χ0v) is 11.9. The van der Waals surface area contributed by atoms with E-state index >= 15 is 0 Å². The van der Waals surface area contributed by atoms with Gasteiger partial charge in [0.2, 0.25) is 0 Å². The predicted octanol–water partition coefficient (Wildman–Crippen LogP) is 2.96. The molecule has 0 radical (unpaired) electrons. The molecule has 18 heavy (non-hydrogen) atoms. The highest BCUT2D eigenvalue weighted by atomic mass is 35.5. The van der Waals surface area contributed by atoms with Crippen LogP contribution >= 0.6 is 11.6 Å². The maximum atomic E-state index is 5.89. The van der Waals surface area contributed by atoms with Crippen LogP contribution in [0.3, 0.4) is 0 Å². The van der Waals surface area contributed by atoms with Crippen molar-refractivity contribution in [2.45, 2.75) is 32.2 Å². The van der Waals surface area contributed by atoms with Gasteiger partial charge in [0.25, 0.3) is 0 Å². The van der Waals surface area contributed by atoms with Crippen LogP contribution in [0.4, 0.5) is 0 Å². The molecular formula is C15H23ClN2. The van der Waals surface area contributed by atoms with Crippen LogP contribution < -0.4 is 5.32 Å². The molecular weight excluding hydrogens is 244 g/mol. The molecule has 0 spiro atoms. The Bertz CT molecular complexity index is 344. The lowest BCUT2D eigenvalue weighted by molar-refractivity contribution is 0.174. The van der Waals surface area contributed by atoms with E-state index in [4.69, 9.17) is 11.6 Å². The van der Waals surface area contributed by atoms with E-state index in [0.717, 1.165) is 24.5 Å². The van der Waals surface area contributed by atoms with E-state index in [1.807, 2.05) is 12.1 Å². The molecule has 0 bridgehead atoms. The van der Waals surface area contributed by atoms with Gasteiger partial charge in [-0.15, -0.1) is 0 Å². The minimum absolute atomic E-state index is 0.708. The largest absolute Gasteiger partial charge is 0.314 e. The van der Waals surface area contributed by atoms with Gasteiger partial charge in [0.1, 0.15) is 0 Å². The fourth-order valence-corrected chi connectivity index (χ4v) is 2.68. The molecule has 100 valence electrons. The summed E-state index contributed by atoms with van der Waals surface area (Å²) in [7, 11) is 0. The second-order valence-electron chi connectivity index (χ2n) is 5.15. The minimum atomic E-state index is 0.708. The quantitative estimate of drug-likeness (QED) is 0.882. The Morgan fingerprint density at radius 3 is 2.56 bits per heavy atom. The minimum Gasteiger partial charge on any atom is -0.314 e. The van der Waals surface area contributed by atoms with Crippen molar-refractivity contribution in [2.75, 3.05) is 26.2 Å². The van der Waals surface area contributed by atoms with Gasteiger partial charge in [-0.1, -0.05) is 23.7 Å². The highest BCUT2D eigenvalue weighted by Crippen LogP contribution is 2.14. The fourth-order valence-electron chi connectivity index (χ4n) is 2.56. The molecule has 1 aliphatic rings. The van der Waals surface area contributed by atoms with Crippen LogP contribution in [-0.2, 0) is 6.42 Å². The Hall–Kier alpha value is -0.570. The van der Waals surface area contributed by atoms with E-state index in [1.54, 1.807) is 0 Å². The Kier molecular flexibility index (Phi) is 5.48. The molecule has 1 N–H and O–H groups in total. The molecule has 1 saturated heterocycles. The van der Waals surface area contributed by atoms with Crippen LogP contribution in [0.1, 0.15) is 25.3 Å². The van der Waals surface area contributed by atoms with Gasteiger partial charge in [0, 0.05) is 37.2 Å². The van der Waals surface area contributed by atoms with Gasteiger partial charge in [0.15, 0.2) is 0 Å². The number of halogens is 1. The summed E-state index contributed by atoms with van der Waals surface area (Å²) < 4.78 is 0. The SMILES string of the molecule is CC(CCCc1ccc(Cl)cc1)N1CCNCC1. The number of piperazine rings is 1. The summed E-state index contributed by atoms with van der Waals surface area (Å²) >= 11 is 5.89. The number of benzene rings is 1. The highest BCUT2D eigenvalue weighted by Gasteiger charge is 2.15. The first kappa shape index (κ1) is 13.9. The fraction of sp³-hybridized carbons (Fsp3) is 0.600. The van der Waals surface area contributed by atoms with Crippen molar-refractivity contribution < 1.29 is 0 Å². The van der Waals surface area contributed by atoms with Gasteiger partial charge >= 0.3 is 0 Å². The first-order valence-electron chi connectivity index (χ1n) is 6.95. The lowest BCUT2D eigenvalue weighted by Gasteiger charge is -2.32. The number of nitrogens with zero attached hydrogens (tertiary/aromatic N) is 1. The third-order valence-electron chi connectivity index (χ3n) is 3.78. The van der Waals surface area contributed by atoms with E-state index < -0.39 is 0 Å². The maximum Gasteiger partial charge on any atom is 0.0406 e. The van der Waals surface area contributed by atoms with E-state index in [-0.39, 0.29) is 0 Å². The highest BCUT2D eigenvalue weighted by molar-refractivity contribution is 6.30. The Morgan fingerprint density at radius 2 is 1.89 bits per heavy atom. The Labute approximate surface area is 115 Å². The van der Waals surface area contributed by atoms with Crippen molar-refractivity contribution in [1.82, 2.24) is 10.2 Å². The smallest absolute Gasteiger partial charge is 0.0406 e. The number of hydrogen-bond donors (Lipinski definition) is 1. The molecule has 1 unspecified atom stereocenters. The van der Waals surface area contributed by atoms with Crippen LogP contribution in [0.25, 0.3) is 0 Å². The molecule has 0 saturated carbocycles. The van der Waals surface area contributed by atoms with Gasteiger partial charge in [-0.3, -0.25) is 4.90 Å². The van der Waals surface area contributed by atoms with Crippen LogP contribution in [0.15, 0.2) is 24.3 Å². The summed E-state index contributed by atoms with van der Waals surface area (Å²) in [5.41, 5.74) is 1.40. The molecule has 2 rings (SSSR count). The molecule has 1 aromatic rings. The molecule has 1 aromatic carbocycles. The topological polar surface area (TPSA) is 15.3 Å². The van der Waals surface area contributed by atoms with E-state index in [0.29, 0.717) is 6.04 Å². The van der Waals surface area contributed by atoms with E-state index in [1.165, 1.54) is 31.5 Å². The zero-order valence-electron chi connectivity index (χ0n) is 11.2. The first-order valence-corrected chi connectivity index (χ1v) is 7.33. The number of aryl methyl sites for hydroxylation is 1. The summed E-state index contributed by atoms with van der Waals surface area (Å²) in [6.07, 6.45) is 3.70. The standard InChI is InChI=1S/C15H23ClN2/c1-13(18-11-9-17-10-12-18)3-2-4-14-5-7-15(16)8-6-14/h5-8,13,17H,2-4,9-12H2,1H3. The third kappa shape index (κ3) is 4.27. The van der Waals surface area contributed by atoms with Crippen molar-refractivity contribution in [3.05, 3.63) is 34.9 Å². The van der Waals surface area contributed by atoms with Crippen LogP contribution in [0.5, 0.6) is 0 Å². The molecule has 1 fully saturated rings. The summed E-state index contributed by atoms with van der Waals surface area (Å²) in [5.74, 6) is 0. The van der Waals surface area contributed by atoms with Crippen molar-refractivity contribution in [2.24, 2.45) is 0 Å². The molecule has 0 aliphatic carbocycles. The molecule has 1 aliphatic heterocycles. The molecule has 1 heterocycles. The lowest BCUT2D eigenvalue weighted by atomic mass is 10.0. The van der Waals surface area contributed by atoms with Crippen molar-refractivity contribution in [3.63, 3.8) is 0 Å². The summed E-state index contributed by atoms with van der Waals surface area (Å²) in [5, 5.41) is 4.23. The second kappa shape index (κ2) is 7.13. The molecule has 3 heteroatoms. The monoisotopic (exact) mass is 266 g/mol. The Balaban J connectivity index is 1.69. The van der Waals surface area contributed by atoms with Gasteiger partial charge in [0.05, 0.1) is 0 Å². The van der Waals surface area contributed by atoms with Gasteiger partial charge in [-0.25, -0.2) is 0 Å². The Morgan fingerprint density at radius 1 is 1.22 bits per heavy atom. The van der Waals surface area contributed by atoms with E-state index in [9.17, 15) is 0 Å². The van der Waals surface area contributed by atoms with Crippen LogP contribution in [0, 0.1) is 0 Å². The zero-order chi connectivity index (χ0) is 12.8.